The van der Waals surface area contributed by atoms with Crippen LogP contribution in [0.15, 0.2) is 0 Å². The smallest absolute Gasteiger partial charge is 0.106 e. The van der Waals surface area contributed by atoms with E-state index in [-0.39, 0.29) is 23.2 Å². The standard InChI is InChI=1S/CH2O.Mn.H3N/c1-2;;/h1H2;;1H3. The van der Waals surface area contributed by atoms with Gasteiger partial charge in [0.05, 0.1) is 0 Å². The van der Waals surface area contributed by atoms with Crippen molar-refractivity contribution in [2.24, 2.45) is 0 Å². The average Bonchev–Trinajstić information content (AvgIpc) is 1.00. The number of hydrogen-bond acceptors (Lipinski definition) is 2. The van der Waals surface area contributed by atoms with Gasteiger partial charge in [-0.1, -0.05) is 0 Å². The van der Waals surface area contributed by atoms with E-state index in [9.17, 15) is 0 Å². The van der Waals surface area contributed by atoms with E-state index < -0.39 is 0 Å². The van der Waals surface area contributed by atoms with Gasteiger partial charge in [-0.25, -0.2) is 0 Å². The zero-order chi connectivity index (χ0) is 2.00. The van der Waals surface area contributed by atoms with Crippen molar-refractivity contribution in [3.05, 3.63) is 0 Å². The first-order chi connectivity index (χ1) is 1.00. The molecule has 0 aromatic carbocycles. The van der Waals surface area contributed by atoms with Gasteiger partial charge in [0.15, 0.2) is 0 Å². The van der Waals surface area contributed by atoms with Crippen LogP contribution in [-0.2, 0) is 21.9 Å². The Kier molecular flexibility index (Phi) is 5070. The summed E-state index contributed by atoms with van der Waals surface area (Å²) in [4.78, 5) is 8.00. The van der Waals surface area contributed by atoms with Crippen molar-refractivity contribution in [1.29, 1.82) is 0 Å². The van der Waals surface area contributed by atoms with E-state index in [2.05, 4.69) is 0 Å². The van der Waals surface area contributed by atoms with Crippen LogP contribution in [0, 0.1) is 0 Å². The molecule has 0 amide bonds. The van der Waals surface area contributed by atoms with Crippen LogP contribution in [-0.4, -0.2) is 6.79 Å². The summed E-state index contributed by atoms with van der Waals surface area (Å²) in [6, 6.07) is 0. The molecule has 0 heterocycles. The van der Waals surface area contributed by atoms with E-state index in [4.69, 9.17) is 4.79 Å². The third-order valence-corrected chi connectivity index (χ3v) is 0. The second-order valence-electron chi connectivity index (χ2n) is 0. The number of carbonyl (C=O) groups is 1. The summed E-state index contributed by atoms with van der Waals surface area (Å²) in [6.07, 6.45) is 0. The van der Waals surface area contributed by atoms with Crippen LogP contribution >= 0.6 is 0 Å². The van der Waals surface area contributed by atoms with Gasteiger partial charge in [-0.2, -0.15) is 0 Å². The molecule has 0 fully saturated rings. The van der Waals surface area contributed by atoms with Crippen LogP contribution in [0.2, 0.25) is 0 Å². The molecule has 0 aliphatic carbocycles. The molecule has 4 heavy (non-hydrogen) atoms. The first kappa shape index (κ1) is 31.2. The summed E-state index contributed by atoms with van der Waals surface area (Å²) in [5, 5.41) is 0. The van der Waals surface area contributed by atoms with Crippen LogP contribution in [0.5, 0.6) is 0 Å². The Morgan fingerprint density at radius 3 is 1.25 bits per heavy atom. The first-order valence-corrected chi connectivity index (χ1v) is 0.289. The summed E-state index contributed by atoms with van der Waals surface area (Å²) in [7, 11) is 0. The molecule has 27 valence electrons. The zero-order valence-corrected chi connectivity index (χ0v) is 3.38. The minimum absolute atomic E-state index is 0. The Labute approximate surface area is 35.6 Å². The van der Waals surface area contributed by atoms with Gasteiger partial charge in [-0.3, -0.25) is 0 Å². The molecule has 0 bridgehead atoms. The maximum atomic E-state index is 8.00. The zero-order valence-electron chi connectivity index (χ0n) is 2.20. The molecule has 0 atom stereocenters. The predicted molar refractivity (Wildman–Crippen MR) is 12.1 cm³/mol. The second-order valence-corrected chi connectivity index (χ2v) is 0. The summed E-state index contributed by atoms with van der Waals surface area (Å²) >= 11 is 0. The van der Waals surface area contributed by atoms with Gasteiger partial charge in [0.2, 0.25) is 0 Å². The van der Waals surface area contributed by atoms with E-state index >= 15 is 0 Å². The SMILES string of the molecule is C=O.N.[Mn]. The Bertz CT molecular complexity index is 8.00. The van der Waals surface area contributed by atoms with Crippen molar-refractivity contribution >= 4 is 6.79 Å². The molecule has 3 heteroatoms. The van der Waals surface area contributed by atoms with E-state index in [1.165, 1.54) is 0 Å². The summed E-state index contributed by atoms with van der Waals surface area (Å²) in [5.41, 5.74) is 0. The van der Waals surface area contributed by atoms with Gasteiger partial charge in [0.1, 0.15) is 6.79 Å². The molecule has 0 unspecified atom stereocenters. The van der Waals surface area contributed by atoms with Gasteiger partial charge in [0, 0.05) is 17.1 Å². The van der Waals surface area contributed by atoms with Gasteiger partial charge in [-0.05, 0) is 0 Å². The largest absolute Gasteiger partial charge is 0.344 e. The molecule has 0 saturated carbocycles. The Balaban J connectivity index is -0.00000000500. The molecular weight excluding hydrogens is 97.0 g/mol. The van der Waals surface area contributed by atoms with Crippen LogP contribution in [0.4, 0.5) is 0 Å². The Morgan fingerprint density at radius 2 is 1.25 bits per heavy atom. The number of carbonyl (C=O) groups excluding carboxylic acids is 1. The van der Waals surface area contributed by atoms with Crippen LogP contribution in [0.3, 0.4) is 0 Å². The van der Waals surface area contributed by atoms with Gasteiger partial charge < -0.3 is 10.9 Å². The van der Waals surface area contributed by atoms with E-state index in [1.807, 2.05) is 6.79 Å². The third kappa shape index (κ3) is 127. The molecule has 0 saturated heterocycles. The average molecular weight is 102 g/mol. The Morgan fingerprint density at radius 1 is 1.25 bits per heavy atom. The van der Waals surface area contributed by atoms with E-state index in [1.54, 1.807) is 0 Å². The first-order valence-electron chi connectivity index (χ1n) is 0.289. The maximum Gasteiger partial charge on any atom is 0.106 e. The summed E-state index contributed by atoms with van der Waals surface area (Å²) in [6.45, 7) is 2.00. The van der Waals surface area contributed by atoms with Crippen LogP contribution < -0.4 is 6.15 Å². The fraction of sp³-hybridized carbons (Fsp3) is 0. The number of rotatable bonds is 0. The van der Waals surface area contributed by atoms with Crippen molar-refractivity contribution in [2.45, 2.75) is 0 Å². The predicted octanol–water partition coefficient (Wildman–Crippen LogP) is -0.0254. The quantitative estimate of drug-likeness (QED) is 0.437. The van der Waals surface area contributed by atoms with E-state index in [0.29, 0.717) is 0 Å². The molecule has 2 nitrogen and oxygen atoms in total. The van der Waals surface area contributed by atoms with E-state index in [0.717, 1.165) is 0 Å². The number of hydrogen-bond donors (Lipinski definition) is 1. The topological polar surface area (TPSA) is 52.1 Å². The van der Waals surface area contributed by atoms with Crippen LogP contribution in [0.25, 0.3) is 0 Å². The molecule has 1 radical (unpaired) electrons. The van der Waals surface area contributed by atoms with Crippen molar-refractivity contribution in [3.63, 3.8) is 0 Å². The summed E-state index contributed by atoms with van der Waals surface area (Å²) in [5.74, 6) is 0. The van der Waals surface area contributed by atoms with Crippen molar-refractivity contribution < 1.29 is 21.9 Å². The molecule has 0 aliphatic rings. The summed E-state index contributed by atoms with van der Waals surface area (Å²) < 4.78 is 0. The van der Waals surface area contributed by atoms with Gasteiger partial charge >= 0.3 is 0 Å². The fourth-order valence-electron chi connectivity index (χ4n) is 0. The normalized spacial score (nSPS) is 1.00. The second kappa shape index (κ2) is 651. The minimum atomic E-state index is 0. The molecule has 0 spiro atoms. The van der Waals surface area contributed by atoms with Crippen molar-refractivity contribution in [3.8, 4) is 0 Å². The third-order valence-electron chi connectivity index (χ3n) is 0. The van der Waals surface area contributed by atoms with Gasteiger partial charge in [-0.15, -0.1) is 0 Å². The van der Waals surface area contributed by atoms with Crippen molar-refractivity contribution in [2.75, 3.05) is 0 Å². The monoisotopic (exact) mass is 102 g/mol. The molecule has 0 aliphatic heterocycles. The van der Waals surface area contributed by atoms with Crippen LogP contribution in [0.1, 0.15) is 0 Å². The molecular formula is CH5MnNO. The Hall–Kier alpha value is 0.149. The molecule has 0 rings (SSSR count). The molecule has 3 N–H and O–H groups in total. The maximum absolute atomic E-state index is 8.00. The molecule has 0 aromatic rings. The van der Waals surface area contributed by atoms with Gasteiger partial charge in [0.25, 0.3) is 0 Å². The fourth-order valence-corrected chi connectivity index (χ4v) is 0. The van der Waals surface area contributed by atoms with Crippen molar-refractivity contribution in [1.82, 2.24) is 6.15 Å². The molecule has 0 aromatic heterocycles. The minimum Gasteiger partial charge on any atom is -0.344 e.